The SMILES string of the molecule is c1cnnc(N2CCCC2CNCc2cn[nH]c2-c2cccs2)c1. The van der Waals surface area contributed by atoms with Gasteiger partial charge in [-0.3, -0.25) is 5.10 Å². The van der Waals surface area contributed by atoms with E-state index in [2.05, 4.69) is 48.1 Å². The molecule has 0 spiro atoms. The van der Waals surface area contributed by atoms with Crippen LogP contribution < -0.4 is 10.2 Å². The molecule has 7 heteroatoms. The fourth-order valence-electron chi connectivity index (χ4n) is 3.25. The molecular formula is C17H20N6S. The van der Waals surface area contributed by atoms with Gasteiger partial charge in [0.05, 0.1) is 16.8 Å². The van der Waals surface area contributed by atoms with Gasteiger partial charge in [0.2, 0.25) is 0 Å². The van der Waals surface area contributed by atoms with Crippen LogP contribution in [0.1, 0.15) is 18.4 Å². The summed E-state index contributed by atoms with van der Waals surface area (Å²) in [7, 11) is 0. The Morgan fingerprint density at radius 3 is 3.17 bits per heavy atom. The molecule has 0 bridgehead atoms. The number of hydrogen-bond donors (Lipinski definition) is 2. The van der Waals surface area contributed by atoms with Crippen LogP contribution in [-0.2, 0) is 6.54 Å². The number of nitrogens with one attached hydrogen (secondary N) is 2. The third-order valence-electron chi connectivity index (χ3n) is 4.41. The van der Waals surface area contributed by atoms with Gasteiger partial charge >= 0.3 is 0 Å². The number of aromatic amines is 1. The first-order valence-corrected chi connectivity index (χ1v) is 9.11. The highest BCUT2D eigenvalue weighted by molar-refractivity contribution is 7.13. The average Bonchev–Trinajstić information content (AvgIpc) is 3.37. The number of anilines is 1. The Morgan fingerprint density at radius 1 is 1.33 bits per heavy atom. The van der Waals surface area contributed by atoms with Crippen molar-refractivity contribution in [1.82, 2.24) is 25.7 Å². The molecule has 1 aliphatic heterocycles. The van der Waals surface area contributed by atoms with Crippen molar-refractivity contribution in [3.8, 4) is 10.6 Å². The van der Waals surface area contributed by atoms with Crippen molar-refractivity contribution in [2.45, 2.75) is 25.4 Å². The number of nitrogens with zero attached hydrogens (tertiary/aromatic N) is 4. The molecule has 0 aromatic carbocycles. The number of hydrogen-bond acceptors (Lipinski definition) is 6. The van der Waals surface area contributed by atoms with Crippen LogP contribution in [0.5, 0.6) is 0 Å². The molecule has 0 amide bonds. The minimum Gasteiger partial charge on any atom is -0.351 e. The van der Waals surface area contributed by atoms with E-state index in [4.69, 9.17) is 0 Å². The van der Waals surface area contributed by atoms with Gasteiger partial charge in [-0.05, 0) is 36.4 Å². The van der Waals surface area contributed by atoms with Crippen molar-refractivity contribution in [3.63, 3.8) is 0 Å². The number of rotatable bonds is 6. The molecule has 2 N–H and O–H groups in total. The molecule has 1 aliphatic rings. The third kappa shape index (κ3) is 3.18. The number of H-pyrrole nitrogens is 1. The highest BCUT2D eigenvalue weighted by Crippen LogP contribution is 2.26. The summed E-state index contributed by atoms with van der Waals surface area (Å²) in [5, 5.41) is 21.2. The van der Waals surface area contributed by atoms with Crippen LogP contribution in [-0.4, -0.2) is 39.5 Å². The monoisotopic (exact) mass is 340 g/mol. The zero-order valence-electron chi connectivity index (χ0n) is 13.4. The highest BCUT2D eigenvalue weighted by Gasteiger charge is 2.25. The molecule has 1 atom stereocenters. The second-order valence-electron chi connectivity index (χ2n) is 5.95. The minimum absolute atomic E-state index is 0.471. The van der Waals surface area contributed by atoms with Crippen molar-refractivity contribution in [1.29, 1.82) is 0 Å². The third-order valence-corrected chi connectivity index (χ3v) is 5.30. The van der Waals surface area contributed by atoms with Gasteiger partial charge in [0.15, 0.2) is 5.82 Å². The van der Waals surface area contributed by atoms with Crippen LogP contribution in [0, 0.1) is 0 Å². The number of aromatic nitrogens is 4. The standard InChI is InChI=1S/C17H20N6S/c1-6-16(21-19-7-1)23-8-2-4-14(23)12-18-10-13-11-20-22-17(13)15-5-3-9-24-15/h1,3,5-7,9,11,14,18H,2,4,8,10,12H2,(H,20,22). The predicted octanol–water partition coefficient (Wildman–Crippen LogP) is 2.69. The van der Waals surface area contributed by atoms with Crippen LogP contribution in [0.25, 0.3) is 10.6 Å². The van der Waals surface area contributed by atoms with Gasteiger partial charge in [0.1, 0.15) is 0 Å². The normalized spacial score (nSPS) is 17.5. The molecule has 124 valence electrons. The van der Waals surface area contributed by atoms with Crippen LogP contribution >= 0.6 is 11.3 Å². The fourth-order valence-corrected chi connectivity index (χ4v) is 4.00. The van der Waals surface area contributed by atoms with Gasteiger partial charge in [0.25, 0.3) is 0 Å². The van der Waals surface area contributed by atoms with E-state index in [0.717, 1.165) is 31.1 Å². The molecule has 6 nitrogen and oxygen atoms in total. The van der Waals surface area contributed by atoms with Gasteiger partial charge in [-0.1, -0.05) is 6.07 Å². The molecule has 1 unspecified atom stereocenters. The second-order valence-corrected chi connectivity index (χ2v) is 6.90. The maximum atomic E-state index is 4.25. The van der Waals surface area contributed by atoms with Crippen molar-refractivity contribution in [2.24, 2.45) is 0 Å². The Hall–Kier alpha value is -2.25. The lowest BCUT2D eigenvalue weighted by molar-refractivity contribution is 0.570. The van der Waals surface area contributed by atoms with Gasteiger partial charge in [-0.25, -0.2) is 0 Å². The smallest absolute Gasteiger partial charge is 0.151 e. The lowest BCUT2D eigenvalue weighted by Crippen LogP contribution is -2.38. The predicted molar refractivity (Wildman–Crippen MR) is 96.0 cm³/mol. The van der Waals surface area contributed by atoms with Crippen molar-refractivity contribution < 1.29 is 0 Å². The van der Waals surface area contributed by atoms with Gasteiger partial charge in [0, 0.05) is 37.4 Å². The van der Waals surface area contributed by atoms with Gasteiger partial charge in [-0.2, -0.15) is 10.2 Å². The average molecular weight is 340 g/mol. The molecule has 3 aromatic heterocycles. The fraction of sp³-hybridized carbons (Fsp3) is 0.353. The van der Waals surface area contributed by atoms with Crippen LogP contribution in [0.4, 0.5) is 5.82 Å². The first-order chi connectivity index (χ1) is 11.9. The number of thiophene rings is 1. The molecule has 4 heterocycles. The summed E-state index contributed by atoms with van der Waals surface area (Å²) >= 11 is 1.73. The first kappa shape index (κ1) is 15.3. The second kappa shape index (κ2) is 7.11. The summed E-state index contributed by atoms with van der Waals surface area (Å²) in [5.74, 6) is 0.976. The summed E-state index contributed by atoms with van der Waals surface area (Å²) in [6.07, 6.45) is 6.02. The van der Waals surface area contributed by atoms with Crippen molar-refractivity contribution >= 4 is 17.2 Å². The van der Waals surface area contributed by atoms with E-state index >= 15 is 0 Å². The zero-order chi connectivity index (χ0) is 16.2. The lowest BCUT2D eigenvalue weighted by atomic mass is 10.2. The molecule has 0 saturated carbocycles. The Labute approximate surface area is 144 Å². The van der Waals surface area contributed by atoms with Crippen LogP contribution in [0.3, 0.4) is 0 Å². The van der Waals surface area contributed by atoms with E-state index in [9.17, 15) is 0 Å². The minimum atomic E-state index is 0.471. The lowest BCUT2D eigenvalue weighted by Gasteiger charge is -2.25. The Bertz CT molecular complexity index is 755. The summed E-state index contributed by atoms with van der Waals surface area (Å²) < 4.78 is 0. The quantitative estimate of drug-likeness (QED) is 0.722. The summed E-state index contributed by atoms with van der Waals surface area (Å²) in [6.45, 7) is 2.80. The zero-order valence-corrected chi connectivity index (χ0v) is 14.2. The van der Waals surface area contributed by atoms with Crippen LogP contribution in [0.2, 0.25) is 0 Å². The van der Waals surface area contributed by atoms with E-state index in [1.54, 1.807) is 17.5 Å². The maximum Gasteiger partial charge on any atom is 0.151 e. The molecule has 3 aromatic rings. The van der Waals surface area contributed by atoms with E-state index in [1.165, 1.54) is 23.3 Å². The highest BCUT2D eigenvalue weighted by atomic mass is 32.1. The van der Waals surface area contributed by atoms with Crippen molar-refractivity contribution in [2.75, 3.05) is 18.0 Å². The Balaban J connectivity index is 1.37. The summed E-state index contributed by atoms with van der Waals surface area (Å²) in [5.41, 5.74) is 2.33. The van der Waals surface area contributed by atoms with Gasteiger partial charge in [-0.15, -0.1) is 16.4 Å². The maximum absolute atomic E-state index is 4.25. The topological polar surface area (TPSA) is 69.7 Å². The largest absolute Gasteiger partial charge is 0.351 e. The first-order valence-electron chi connectivity index (χ1n) is 8.23. The van der Waals surface area contributed by atoms with Crippen molar-refractivity contribution in [3.05, 3.63) is 47.6 Å². The summed E-state index contributed by atoms with van der Waals surface area (Å²) in [4.78, 5) is 3.58. The molecule has 0 radical (unpaired) electrons. The molecule has 4 rings (SSSR count). The van der Waals surface area contributed by atoms with Gasteiger partial charge < -0.3 is 10.2 Å². The molecule has 24 heavy (non-hydrogen) atoms. The Morgan fingerprint density at radius 2 is 2.33 bits per heavy atom. The van der Waals surface area contributed by atoms with E-state index in [-0.39, 0.29) is 0 Å². The molecular weight excluding hydrogens is 320 g/mol. The van der Waals surface area contributed by atoms with E-state index in [1.807, 2.05) is 18.3 Å². The summed E-state index contributed by atoms with van der Waals surface area (Å²) in [6, 6.07) is 8.64. The molecule has 0 aliphatic carbocycles. The van der Waals surface area contributed by atoms with Crippen LogP contribution in [0.15, 0.2) is 42.0 Å². The molecule has 1 saturated heterocycles. The van der Waals surface area contributed by atoms with E-state index < -0.39 is 0 Å². The molecule has 1 fully saturated rings. The van der Waals surface area contributed by atoms with E-state index in [0.29, 0.717) is 6.04 Å². The Kier molecular flexibility index (Phi) is 4.53.